The SMILES string of the molecule is O=C(O)[C@@H]1CCCN1c1c([N+](=O)[O-])cc([N+](=O)[O-])cc1C(F)(F)F. The van der Waals surface area contributed by atoms with E-state index in [1.807, 2.05) is 0 Å². The molecule has 2 rings (SSSR count). The molecule has 1 saturated heterocycles. The van der Waals surface area contributed by atoms with Crippen LogP contribution in [0.4, 0.5) is 30.2 Å². The standard InChI is InChI=1S/C12H10F3N3O6/c13-12(14,15)7-4-6(17(21)22)5-9(18(23)24)10(7)16-3-1-2-8(16)11(19)20/h4-5,8H,1-3H2,(H,19,20)/t8-/m0/s1. The molecule has 0 unspecified atom stereocenters. The van der Waals surface area contributed by atoms with Crippen molar-refractivity contribution < 1.29 is 32.9 Å². The van der Waals surface area contributed by atoms with Crippen LogP contribution in [0.3, 0.4) is 0 Å². The predicted octanol–water partition coefficient (Wildman–Crippen LogP) is 2.58. The van der Waals surface area contributed by atoms with Gasteiger partial charge >= 0.3 is 12.1 Å². The second kappa shape index (κ2) is 5.94. The molecule has 1 aliphatic rings. The van der Waals surface area contributed by atoms with Gasteiger partial charge in [-0.1, -0.05) is 0 Å². The average molecular weight is 349 g/mol. The highest BCUT2D eigenvalue weighted by molar-refractivity contribution is 5.83. The summed E-state index contributed by atoms with van der Waals surface area (Å²) in [5.41, 5.74) is -4.80. The van der Waals surface area contributed by atoms with Crippen molar-refractivity contribution in [2.75, 3.05) is 11.4 Å². The van der Waals surface area contributed by atoms with Crippen LogP contribution in [-0.4, -0.2) is 33.5 Å². The quantitative estimate of drug-likeness (QED) is 0.653. The van der Waals surface area contributed by atoms with Crippen LogP contribution in [0.5, 0.6) is 0 Å². The number of carboxylic acid groups (broad SMARTS) is 1. The molecule has 0 spiro atoms. The fourth-order valence-corrected chi connectivity index (χ4v) is 2.66. The number of carbonyl (C=O) groups is 1. The molecule has 24 heavy (non-hydrogen) atoms. The van der Waals surface area contributed by atoms with Crippen LogP contribution in [-0.2, 0) is 11.0 Å². The molecule has 12 heteroatoms. The maximum atomic E-state index is 13.3. The number of carboxylic acids is 1. The molecular weight excluding hydrogens is 339 g/mol. The van der Waals surface area contributed by atoms with E-state index in [2.05, 4.69) is 0 Å². The zero-order chi connectivity index (χ0) is 18.2. The number of anilines is 1. The van der Waals surface area contributed by atoms with E-state index in [0.29, 0.717) is 6.07 Å². The van der Waals surface area contributed by atoms with Crippen LogP contribution in [0, 0.1) is 20.2 Å². The Morgan fingerprint density at radius 2 is 1.88 bits per heavy atom. The first-order valence-corrected chi connectivity index (χ1v) is 6.57. The summed E-state index contributed by atoms with van der Waals surface area (Å²) < 4.78 is 39.9. The monoisotopic (exact) mass is 349 g/mol. The van der Waals surface area contributed by atoms with Crippen LogP contribution in [0.2, 0.25) is 0 Å². The minimum Gasteiger partial charge on any atom is -0.480 e. The molecular formula is C12H10F3N3O6. The second-order valence-corrected chi connectivity index (χ2v) is 5.06. The van der Waals surface area contributed by atoms with Crippen molar-refractivity contribution in [3.8, 4) is 0 Å². The molecule has 1 N–H and O–H groups in total. The molecule has 1 aliphatic heterocycles. The summed E-state index contributed by atoms with van der Waals surface area (Å²) in [6.07, 6.45) is -4.89. The van der Waals surface area contributed by atoms with Crippen LogP contribution >= 0.6 is 0 Å². The minimum absolute atomic E-state index is 0.0147. The summed E-state index contributed by atoms with van der Waals surface area (Å²) in [6.45, 7) is -0.140. The normalized spacial score (nSPS) is 17.8. The van der Waals surface area contributed by atoms with Crippen molar-refractivity contribution in [1.82, 2.24) is 0 Å². The summed E-state index contributed by atoms with van der Waals surface area (Å²) in [6, 6.07) is -0.785. The third-order valence-electron chi connectivity index (χ3n) is 3.61. The van der Waals surface area contributed by atoms with Crippen molar-refractivity contribution in [3.63, 3.8) is 0 Å². The predicted molar refractivity (Wildman–Crippen MR) is 72.8 cm³/mol. The third-order valence-corrected chi connectivity index (χ3v) is 3.61. The highest BCUT2D eigenvalue weighted by Crippen LogP contribution is 2.46. The molecule has 0 bridgehead atoms. The summed E-state index contributed by atoms with van der Waals surface area (Å²) in [4.78, 5) is 31.5. The maximum absolute atomic E-state index is 13.3. The Morgan fingerprint density at radius 3 is 2.33 bits per heavy atom. The van der Waals surface area contributed by atoms with Gasteiger partial charge in [0.25, 0.3) is 11.4 Å². The topological polar surface area (TPSA) is 127 Å². The van der Waals surface area contributed by atoms with E-state index < -0.39 is 50.7 Å². The number of nitro benzene ring substituents is 2. The van der Waals surface area contributed by atoms with Crippen molar-refractivity contribution >= 4 is 23.0 Å². The highest BCUT2D eigenvalue weighted by atomic mass is 19.4. The van der Waals surface area contributed by atoms with Gasteiger partial charge in [-0.05, 0) is 12.8 Å². The van der Waals surface area contributed by atoms with Crippen molar-refractivity contribution in [1.29, 1.82) is 0 Å². The molecule has 1 fully saturated rings. The average Bonchev–Trinajstić information content (AvgIpc) is 2.93. The molecule has 1 heterocycles. The highest BCUT2D eigenvalue weighted by Gasteiger charge is 2.44. The molecule has 1 atom stereocenters. The number of aliphatic carboxylic acids is 1. The zero-order valence-corrected chi connectivity index (χ0v) is 11.8. The molecule has 1 aromatic rings. The summed E-state index contributed by atoms with van der Waals surface area (Å²) in [7, 11) is 0. The Morgan fingerprint density at radius 1 is 1.25 bits per heavy atom. The van der Waals surface area contributed by atoms with E-state index in [1.54, 1.807) is 0 Å². The lowest BCUT2D eigenvalue weighted by Crippen LogP contribution is -2.37. The first-order chi connectivity index (χ1) is 11.0. The van der Waals surface area contributed by atoms with E-state index in [4.69, 9.17) is 5.11 Å². The van der Waals surface area contributed by atoms with Crippen LogP contribution < -0.4 is 4.90 Å². The lowest BCUT2D eigenvalue weighted by atomic mass is 10.1. The molecule has 0 amide bonds. The van der Waals surface area contributed by atoms with Gasteiger partial charge < -0.3 is 10.0 Å². The number of alkyl halides is 3. The minimum atomic E-state index is -5.13. The van der Waals surface area contributed by atoms with Gasteiger partial charge in [0.05, 0.1) is 21.5 Å². The molecule has 130 valence electrons. The fraction of sp³-hybridized carbons (Fsp3) is 0.417. The number of hydrogen-bond donors (Lipinski definition) is 1. The van der Waals surface area contributed by atoms with Gasteiger partial charge in [0.15, 0.2) is 0 Å². The summed E-state index contributed by atoms with van der Waals surface area (Å²) in [5.74, 6) is -1.42. The fourth-order valence-electron chi connectivity index (χ4n) is 2.66. The number of benzene rings is 1. The second-order valence-electron chi connectivity index (χ2n) is 5.06. The number of halogens is 3. The molecule has 0 aliphatic carbocycles. The van der Waals surface area contributed by atoms with Gasteiger partial charge in [-0.3, -0.25) is 20.2 Å². The number of hydrogen-bond acceptors (Lipinski definition) is 6. The molecule has 0 aromatic heterocycles. The Labute approximate surface area is 131 Å². The Hall–Kier alpha value is -2.92. The Bertz CT molecular complexity index is 721. The smallest absolute Gasteiger partial charge is 0.418 e. The van der Waals surface area contributed by atoms with Crippen molar-refractivity contribution in [2.45, 2.75) is 25.1 Å². The number of rotatable bonds is 4. The largest absolute Gasteiger partial charge is 0.480 e. The lowest BCUT2D eigenvalue weighted by molar-refractivity contribution is -0.394. The van der Waals surface area contributed by atoms with Gasteiger partial charge in [0, 0.05) is 12.6 Å². The summed E-state index contributed by atoms with van der Waals surface area (Å²) in [5, 5.41) is 31.0. The summed E-state index contributed by atoms with van der Waals surface area (Å²) >= 11 is 0. The van der Waals surface area contributed by atoms with Crippen molar-refractivity contribution in [2.24, 2.45) is 0 Å². The van der Waals surface area contributed by atoms with Crippen LogP contribution in [0.25, 0.3) is 0 Å². The molecule has 0 saturated carbocycles. The van der Waals surface area contributed by atoms with E-state index in [9.17, 15) is 38.2 Å². The number of nitrogens with zero attached hydrogens (tertiary/aromatic N) is 3. The van der Waals surface area contributed by atoms with E-state index in [0.717, 1.165) is 4.90 Å². The number of non-ortho nitro benzene ring substituents is 1. The molecule has 9 nitrogen and oxygen atoms in total. The van der Waals surface area contributed by atoms with E-state index in [1.165, 1.54) is 0 Å². The molecule has 0 radical (unpaired) electrons. The van der Waals surface area contributed by atoms with Gasteiger partial charge in [-0.15, -0.1) is 0 Å². The van der Waals surface area contributed by atoms with E-state index in [-0.39, 0.29) is 25.5 Å². The Balaban J connectivity index is 2.78. The van der Waals surface area contributed by atoms with Crippen molar-refractivity contribution in [3.05, 3.63) is 37.9 Å². The van der Waals surface area contributed by atoms with Crippen LogP contribution in [0.1, 0.15) is 18.4 Å². The number of nitro groups is 2. The first kappa shape index (κ1) is 17.4. The first-order valence-electron chi connectivity index (χ1n) is 6.57. The Kier molecular flexibility index (Phi) is 4.32. The van der Waals surface area contributed by atoms with Gasteiger partial charge in [-0.2, -0.15) is 13.2 Å². The third kappa shape index (κ3) is 3.07. The van der Waals surface area contributed by atoms with E-state index >= 15 is 0 Å². The van der Waals surface area contributed by atoms with Gasteiger partial charge in [0.1, 0.15) is 11.7 Å². The molecule has 1 aromatic carbocycles. The van der Waals surface area contributed by atoms with Gasteiger partial charge in [0.2, 0.25) is 0 Å². The lowest BCUT2D eigenvalue weighted by Gasteiger charge is -2.26. The maximum Gasteiger partial charge on any atom is 0.418 e. The van der Waals surface area contributed by atoms with Gasteiger partial charge in [-0.25, -0.2) is 4.79 Å². The zero-order valence-electron chi connectivity index (χ0n) is 11.8. The van der Waals surface area contributed by atoms with Crippen LogP contribution in [0.15, 0.2) is 12.1 Å².